The van der Waals surface area contributed by atoms with Gasteiger partial charge < -0.3 is 14.2 Å². The maximum Gasteiger partial charge on any atom is 0.270 e. The smallest absolute Gasteiger partial charge is 0.270 e. The van der Waals surface area contributed by atoms with Crippen molar-refractivity contribution in [3.63, 3.8) is 0 Å². The van der Waals surface area contributed by atoms with Gasteiger partial charge in [0, 0.05) is 29.7 Å². The Bertz CT molecular complexity index is 1270. The molecule has 178 valence electrons. The molecule has 0 saturated heterocycles. The summed E-state index contributed by atoms with van der Waals surface area (Å²) >= 11 is 0. The van der Waals surface area contributed by atoms with E-state index < -0.39 is 6.23 Å². The molecule has 8 nitrogen and oxygen atoms in total. The van der Waals surface area contributed by atoms with Crippen molar-refractivity contribution in [1.82, 2.24) is 5.01 Å². The van der Waals surface area contributed by atoms with Crippen LogP contribution in [0.5, 0.6) is 17.2 Å². The number of rotatable bonds is 8. The first-order valence-electron chi connectivity index (χ1n) is 11.4. The van der Waals surface area contributed by atoms with Crippen LogP contribution in [-0.2, 0) is 0 Å². The van der Waals surface area contributed by atoms with Gasteiger partial charge in [-0.15, -0.1) is 0 Å². The molecule has 0 aromatic heterocycles. The molecule has 2 unspecified atom stereocenters. The fraction of sp³-hybridized carbons (Fsp3) is 0.222. The van der Waals surface area contributed by atoms with Crippen molar-refractivity contribution in [3.8, 4) is 17.2 Å². The Labute approximate surface area is 203 Å². The van der Waals surface area contributed by atoms with Crippen LogP contribution in [0, 0.1) is 10.1 Å². The van der Waals surface area contributed by atoms with E-state index in [0.717, 1.165) is 33.9 Å². The zero-order chi connectivity index (χ0) is 24.4. The van der Waals surface area contributed by atoms with Crippen molar-refractivity contribution in [3.05, 3.63) is 106 Å². The molecule has 2 aliphatic rings. The van der Waals surface area contributed by atoms with E-state index in [1.807, 2.05) is 60.5 Å². The summed E-state index contributed by atoms with van der Waals surface area (Å²) < 4.78 is 17.5. The first kappa shape index (κ1) is 22.5. The maximum atomic E-state index is 11.4. The summed E-state index contributed by atoms with van der Waals surface area (Å²) in [6.07, 6.45) is 1.82. The molecule has 0 fully saturated rings. The van der Waals surface area contributed by atoms with Crippen LogP contribution >= 0.6 is 0 Å². The fourth-order valence-corrected chi connectivity index (χ4v) is 4.38. The molecule has 0 amide bonds. The molecular weight excluding hydrogens is 446 g/mol. The highest BCUT2D eigenvalue weighted by Gasteiger charge is 2.41. The van der Waals surface area contributed by atoms with Gasteiger partial charge in [-0.05, 0) is 67.1 Å². The van der Waals surface area contributed by atoms with Crippen molar-refractivity contribution >= 4 is 11.4 Å². The number of nitro groups is 1. The zero-order valence-corrected chi connectivity index (χ0v) is 19.3. The predicted octanol–water partition coefficient (Wildman–Crippen LogP) is 5.80. The van der Waals surface area contributed by atoms with Gasteiger partial charge in [-0.3, -0.25) is 10.1 Å². The number of non-ortho nitro benzene ring substituents is 1. The molecule has 2 heterocycles. The van der Waals surface area contributed by atoms with Gasteiger partial charge >= 0.3 is 0 Å². The standard InChI is InChI=1S/C27H25N3O5/c1-3-15-34-22-10-5-18(6-11-22)24-17-25-23-16-20(30(31)32)9-14-26(23)35-27(29(25)28-24)19-7-12-21(13-8-19)33-4-2/h3,5-14,16,25,27H,1,4,15,17H2,2H3. The van der Waals surface area contributed by atoms with E-state index in [9.17, 15) is 10.1 Å². The summed E-state index contributed by atoms with van der Waals surface area (Å²) in [5, 5.41) is 18.3. The minimum absolute atomic E-state index is 0.0315. The molecule has 35 heavy (non-hydrogen) atoms. The molecule has 5 rings (SSSR count). The van der Waals surface area contributed by atoms with Gasteiger partial charge in [-0.25, -0.2) is 5.01 Å². The minimum Gasteiger partial charge on any atom is -0.494 e. The van der Waals surface area contributed by atoms with Gasteiger partial charge in [0.2, 0.25) is 6.23 Å². The molecule has 3 aromatic rings. The first-order valence-corrected chi connectivity index (χ1v) is 11.4. The van der Waals surface area contributed by atoms with Crippen molar-refractivity contribution < 1.29 is 19.1 Å². The number of hydrazone groups is 1. The molecule has 0 saturated carbocycles. The van der Waals surface area contributed by atoms with Gasteiger partial charge in [-0.1, -0.05) is 12.7 Å². The Hall–Kier alpha value is -4.33. The lowest BCUT2D eigenvalue weighted by atomic mass is 9.95. The van der Waals surface area contributed by atoms with Crippen LogP contribution < -0.4 is 14.2 Å². The van der Waals surface area contributed by atoms with Crippen molar-refractivity contribution in [2.75, 3.05) is 13.2 Å². The fourth-order valence-electron chi connectivity index (χ4n) is 4.38. The largest absolute Gasteiger partial charge is 0.494 e. The minimum atomic E-state index is -0.475. The number of nitrogens with zero attached hydrogens (tertiary/aromatic N) is 3. The van der Waals surface area contributed by atoms with Gasteiger partial charge in [0.05, 0.1) is 23.3 Å². The number of hydrogen-bond acceptors (Lipinski definition) is 7. The summed E-state index contributed by atoms with van der Waals surface area (Å²) in [7, 11) is 0. The van der Waals surface area contributed by atoms with E-state index in [1.54, 1.807) is 18.2 Å². The van der Waals surface area contributed by atoms with Crippen LogP contribution in [0.15, 0.2) is 84.5 Å². The van der Waals surface area contributed by atoms with Crippen molar-refractivity contribution in [2.24, 2.45) is 5.10 Å². The van der Waals surface area contributed by atoms with E-state index in [0.29, 0.717) is 25.4 Å². The molecule has 0 radical (unpaired) electrons. The SMILES string of the molecule is C=CCOc1ccc(C2=NN3C(C2)c2cc([N+](=O)[O-])ccc2OC3c2ccc(OCC)cc2)cc1. The number of fused-ring (bicyclic) bond motifs is 3. The second-order valence-corrected chi connectivity index (χ2v) is 8.22. The topological polar surface area (TPSA) is 86.4 Å². The normalized spacial score (nSPS) is 18.1. The number of nitro benzene ring substituents is 1. The average Bonchev–Trinajstić information content (AvgIpc) is 3.33. The Morgan fingerprint density at radius 1 is 1.11 bits per heavy atom. The highest BCUT2D eigenvalue weighted by Crippen LogP contribution is 2.48. The van der Waals surface area contributed by atoms with Gasteiger partial charge in [0.1, 0.15) is 23.9 Å². The lowest BCUT2D eigenvalue weighted by molar-refractivity contribution is -0.385. The summed E-state index contributed by atoms with van der Waals surface area (Å²) in [5.74, 6) is 2.16. The number of benzene rings is 3. The Balaban J connectivity index is 1.51. The van der Waals surface area contributed by atoms with Crippen LogP contribution in [0.2, 0.25) is 0 Å². The molecule has 0 aliphatic carbocycles. The third kappa shape index (κ3) is 4.42. The molecule has 0 N–H and O–H groups in total. The second-order valence-electron chi connectivity index (χ2n) is 8.22. The van der Waals surface area contributed by atoms with Crippen LogP contribution in [-0.4, -0.2) is 28.9 Å². The lowest BCUT2D eigenvalue weighted by Crippen LogP contribution is -2.33. The summed E-state index contributed by atoms with van der Waals surface area (Å²) in [4.78, 5) is 11.0. The molecule has 2 atom stereocenters. The van der Waals surface area contributed by atoms with E-state index in [1.165, 1.54) is 6.07 Å². The van der Waals surface area contributed by atoms with Crippen LogP contribution in [0.25, 0.3) is 0 Å². The second kappa shape index (κ2) is 9.50. The van der Waals surface area contributed by atoms with Crippen LogP contribution in [0.3, 0.4) is 0 Å². The Morgan fingerprint density at radius 2 is 1.83 bits per heavy atom. The average molecular weight is 472 g/mol. The van der Waals surface area contributed by atoms with E-state index >= 15 is 0 Å². The quantitative estimate of drug-likeness (QED) is 0.234. The summed E-state index contributed by atoms with van der Waals surface area (Å²) in [6, 6.07) is 20.0. The number of ether oxygens (including phenoxy) is 3. The Morgan fingerprint density at radius 3 is 2.51 bits per heavy atom. The van der Waals surface area contributed by atoms with E-state index in [4.69, 9.17) is 19.3 Å². The van der Waals surface area contributed by atoms with Crippen molar-refractivity contribution in [2.45, 2.75) is 25.6 Å². The molecule has 0 spiro atoms. The lowest BCUT2D eigenvalue weighted by Gasteiger charge is -2.38. The molecular formula is C27H25N3O5. The predicted molar refractivity (Wildman–Crippen MR) is 132 cm³/mol. The molecule has 2 aliphatic heterocycles. The van der Waals surface area contributed by atoms with Gasteiger partial charge in [-0.2, -0.15) is 5.10 Å². The molecule has 0 bridgehead atoms. The highest BCUT2D eigenvalue weighted by atomic mass is 16.6. The molecule has 8 heteroatoms. The van der Waals surface area contributed by atoms with Crippen LogP contribution in [0.1, 0.15) is 42.3 Å². The first-order chi connectivity index (χ1) is 17.1. The van der Waals surface area contributed by atoms with Crippen molar-refractivity contribution in [1.29, 1.82) is 0 Å². The third-order valence-electron chi connectivity index (χ3n) is 6.02. The monoisotopic (exact) mass is 471 g/mol. The third-order valence-corrected chi connectivity index (χ3v) is 6.02. The van der Waals surface area contributed by atoms with E-state index in [-0.39, 0.29) is 16.7 Å². The highest BCUT2D eigenvalue weighted by molar-refractivity contribution is 6.02. The van der Waals surface area contributed by atoms with Gasteiger partial charge in [0.25, 0.3) is 5.69 Å². The summed E-state index contributed by atoms with van der Waals surface area (Å²) in [5.41, 5.74) is 3.54. The Kier molecular flexibility index (Phi) is 6.10. The maximum absolute atomic E-state index is 11.4. The zero-order valence-electron chi connectivity index (χ0n) is 19.3. The van der Waals surface area contributed by atoms with E-state index in [2.05, 4.69) is 6.58 Å². The molecule has 3 aromatic carbocycles. The van der Waals surface area contributed by atoms with Gasteiger partial charge in [0.15, 0.2) is 0 Å². The van der Waals surface area contributed by atoms with Crippen LogP contribution in [0.4, 0.5) is 5.69 Å². The summed E-state index contributed by atoms with van der Waals surface area (Å²) in [6.45, 7) is 6.64. The number of hydrogen-bond donors (Lipinski definition) is 0.